The number of nitrogens with two attached hydrogens (primary N) is 1. The molecule has 2 nitrogen and oxygen atoms in total. The van der Waals surface area contributed by atoms with Crippen LogP contribution in [-0.2, 0) is 0 Å². The summed E-state index contributed by atoms with van der Waals surface area (Å²) in [6.45, 7) is 3.70. The summed E-state index contributed by atoms with van der Waals surface area (Å²) in [6.07, 6.45) is 7.02. The Hall–Kier alpha value is -1.33. The first kappa shape index (κ1) is 8.76. The van der Waals surface area contributed by atoms with E-state index in [4.69, 9.17) is 11.0 Å². The third-order valence-electron chi connectivity index (χ3n) is 2.07. The molecule has 0 saturated carbocycles. The molecule has 0 aromatic rings. The van der Waals surface area contributed by atoms with E-state index in [9.17, 15) is 0 Å². The van der Waals surface area contributed by atoms with Crippen LogP contribution in [0.5, 0.6) is 0 Å². The molecule has 2 heteroatoms. The largest absolute Gasteiger partial charge is 0.324 e. The van der Waals surface area contributed by atoms with Gasteiger partial charge < -0.3 is 5.73 Å². The number of nitrogens with zero attached hydrogens (tertiary/aromatic N) is 1. The Kier molecular flexibility index (Phi) is 2.84. The lowest BCUT2D eigenvalue weighted by molar-refractivity contribution is 0.760. The molecular formula is C10H12N2. The number of rotatable bonds is 2. The van der Waals surface area contributed by atoms with Crippen molar-refractivity contribution in [3.05, 3.63) is 36.0 Å². The summed E-state index contributed by atoms with van der Waals surface area (Å²) in [5.41, 5.74) is 8.04. The Bertz CT molecular complexity index is 279. The molecule has 0 unspecified atom stereocenters. The maximum atomic E-state index is 8.33. The van der Waals surface area contributed by atoms with E-state index in [0.717, 1.165) is 24.0 Å². The highest BCUT2D eigenvalue weighted by atomic mass is 14.6. The maximum absolute atomic E-state index is 8.33. The highest BCUT2D eigenvalue weighted by Crippen LogP contribution is 2.26. The van der Waals surface area contributed by atoms with Crippen molar-refractivity contribution >= 4 is 0 Å². The van der Waals surface area contributed by atoms with E-state index >= 15 is 0 Å². The van der Waals surface area contributed by atoms with Gasteiger partial charge in [0.15, 0.2) is 0 Å². The number of hydrogen-bond acceptors (Lipinski definition) is 2. The van der Waals surface area contributed by atoms with Gasteiger partial charge in [0, 0.05) is 12.1 Å². The molecule has 12 heavy (non-hydrogen) atoms. The topological polar surface area (TPSA) is 49.8 Å². The standard InChI is InChI=1S/C10H12N2/c1-2-9-8(4-3-7-11)5-6-10(9)12/h2-4,10H,1,5-6,12H2/b4-3+/t10-/m0/s1. The lowest BCUT2D eigenvalue weighted by Gasteiger charge is -2.02. The average molecular weight is 160 g/mol. The van der Waals surface area contributed by atoms with Gasteiger partial charge in [-0.05, 0) is 30.1 Å². The third kappa shape index (κ3) is 1.63. The Balaban J connectivity index is 2.87. The van der Waals surface area contributed by atoms with Gasteiger partial charge in [0.1, 0.15) is 0 Å². The normalized spacial score (nSPS) is 23.2. The second-order valence-corrected chi connectivity index (χ2v) is 2.79. The SMILES string of the molecule is C=CC1=C(/C=C/C#N)CC[C@@H]1N. The highest BCUT2D eigenvalue weighted by Gasteiger charge is 2.17. The van der Waals surface area contributed by atoms with Crippen LogP contribution in [0.25, 0.3) is 0 Å². The minimum absolute atomic E-state index is 0.112. The fourth-order valence-electron chi connectivity index (χ4n) is 1.45. The van der Waals surface area contributed by atoms with Crippen LogP contribution in [0.3, 0.4) is 0 Å². The summed E-state index contributed by atoms with van der Waals surface area (Å²) in [5.74, 6) is 0. The summed E-state index contributed by atoms with van der Waals surface area (Å²) in [4.78, 5) is 0. The molecule has 0 radical (unpaired) electrons. The van der Waals surface area contributed by atoms with Crippen molar-refractivity contribution in [2.75, 3.05) is 0 Å². The van der Waals surface area contributed by atoms with Gasteiger partial charge in [-0.3, -0.25) is 0 Å². The van der Waals surface area contributed by atoms with Crippen molar-refractivity contribution < 1.29 is 0 Å². The van der Waals surface area contributed by atoms with Crippen LogP contribution >= 0.6 is 0 Å². The van der Waals surface area contributed by atoms with Crippen LogP contribution in [0.1, 0.15) is 12.8 Å². The molecule has 1 atom stereocenters. The van der Waals surface area contributed by atoms with Gasteiger partial charge in [-0.2, -0.15) is 5.26 Å². The van der Waals surface area contributed by atoms with Crippen LogP contribution in [0.2, 0.25) is 0 Å². The van der Waals surface area contributed by atoms with E-state index in [0.29, 0.717) is 0 Å². The smallest absolute Gasteiger partial charge is 0.0912 e. The van der Waals surface area contributed by atoms with E-state index in [1.54, 1.807) is 6.08 Å². The minimum Gasteiger partial charge on any atom is -0.324 e. The number of nitriles is 1. The Morgan fingerprint density at radius 3 is 3.00 bits per heavy atom. The zero-order valence-corrected chi connectivity index (χ0v) is 6.96. The van der Waals surface area contributed by atoms with Gasteiger partial charge in [-0.25, -0.2) is 0 Å². The molecule has 1 aliphatic carbocycles. The third-order valence-corrected chi connectivity index (χ3v) is 2.07. The highest BCUT2D eigenvalue weighted by molar-refractivity contribution is 5.40. The molecule has 62 valence electrons. The van der Waals surface area contributed by atoms with Gasteiger partial charge in [0.25, 0.3) is 0 Å². The van der Waals surface area contributed by atoms with Crippen LogP contribution in [-0.4, -0.2) is 6.04 Å². The fraction of sp³-hybridized carbons (Fsp3) is 0.300. The summed E-state index contributed by atoms with van der Waals surface area (Å²) >= 11 is 0. The maximum Gasteiger partial charge on any atom is 0.0912 e. The molecule has 0 aromatic carbocycles. The van der Waals surface area contributed by atoms with Gasteiger partial charge in [-0.1, -0.05) is 12.7 Å². The van der Waals surface area contributed by atoms with Gasteiger partial charge in [0.2, 0.25) is 0 Å². The monoisotopic (exact) mass is 160 g/mol. The molecule has 1 rings (SSSR count). The molecule has 0 aromatic heterocycles. The van der Waals surface area contributed by atoms with Gasteiger partial charge in [0.05, 0.1) is 6.07 Å². The van der Waals surface area contributed by atoms with E-state index < -0.39 is 0 Å². The van der Waals surface area contributed by atoms with Gasteiger partial charge >= 0.3 is 0 Å². The van der Waals surface area contributed by atoms with Crippen LogP contribution < -0.4 is 5.73 Å². The first-order chi connectivity index (χ1) is 5.79. The number of hydrogen-bond donors (Lipinski definition) is 1. The predicted molar refractivity (Wildman–Crippen MR) is 49.2 cm³/mol. The predicted octanol–water partition coefficient (Wildman–Crippen LogP) is 1.67. The first-order valence-corrected chi connectivity index (χ1v) is 3.97. The zero-order valence-electron chi connectivity index (χ0n) is 6.96. The molecule has 0 bridgehead atoms. The molecular weight excluding hydrogens is 148 g/mol. The second kappa shape index (κ2) is 3.89. The van der Waals surface area contributed by atoms with Crippen molar-refractivity contribution in [1.82, 2.24) is 0 Å². The van der Waals surface area contributed by atoms with E-state index in [1.165, 1.54) is 6.08 Å². The Morgan fingerprint density at radius 2 is 2.42 bits per heavy atom. The average Bonchev–Trinajstić information content (AvgIpc) is 2.43. The summed E-state index contributed by atoms with van der Waals surface area (Å²) in [7, 11) is 0. The van der Waals surface area contributed by atoms with Crippen molar-refractivity contribution in [3.8, 4) is 6.07 Å². The van der Waals surface area contributed by atoms with Crippen molar-refractivity contribution in [2.24, 2.45) is 5.73 Å². The molecule has 1 aliphatic rings. The minimum atomic E-state index is 0.112. The van der Waals surface area contributed by atoms with Crippen molar-refractivity contribution in [1.29, 1.82) is 5.26 Å². The summed E-state index contributed by atoms with van der Waals surface area (Å²) in [5, 5.41) is 8.33. The molecule has 0 aliphatic heterocycles. The van der Waals surface area contributed by atoms with Crippen LogP contribution in [0.15, 0.2) is 36.0 Å². The molecule has 0 amide bonds. The zero-order chi connectivity index (χ0) is 8.97. The second-order valence-electron chi connectivity index (χ2n) is 2.79. The lowest BCUT2D eigenvalue weighted by Crippen LogP contribution is -2.17. The Morgan fingerprint density at radius 1 is 1.67 bits per heavy atom. The van der Waals surface area contributed by atoms with Crippen molar-refractivity contribution in [3.63, 3.8) is 0 Å². The molecule has 0 saturated heterocycles. The first-order valence-electron chi connectivity index (χ1n) is 3.97. The summed E-state index contributed by atoms with van der Waals surface area (Å²) in [6, 6.07) is 2.08. The van der Waals surface area contributed by atoms with Crippen LogP contribution in [0.4, 0.5) is 0 Å². The number of allylic oxidation sites excluding steroid dienone is 3. The molecule has 2 N–H and O–H groups in total. The van der Waals surface area contributed by atoms with Crippen molar-refractivity contribution in [2.45, 2.75) is 18.9 Å². The van der Waals surface area contributed by atoms with E-state index in [2.05, 4.69) is 6.58 Å². The van der Waals surface area contributed by atoms with Gasteiger partial charge in [-0.15, -0.1) is 0 Å². The summed E-state index contributed by atoms with van der Waals surface area (Å²) < 4.78 is 0. The molecule has 0 heterocycles. The lowest BCUT2D eigenvalue weighted by atomic mass is 10.1. The quantitative estimate of drug-likeness (QED) is 0.625. The van der Waals surface area contributed by atoms with E-state index in [1.807, 2.05) is 12.1 Å². The van der Waals surface area contributed by atoms with Crippen LogP contribution in [0, 0.1) is 11.3 Å². The fourth-order valence-corrected chi connectivity index (χ4v) is 1.45. The molecule has 0 fully saturated rings. The van der Waals surface area contributed by atoms with E-state index in [-0.39, 0.29) is 6.04 Å². The molecule has 0 spiro atoms. The Labute approximate surface area is 72.7 Å².